The molecular weight excluding hydrogens is 366 g/mol. The number of aromatic carboxylic acids is 1. The number of nitrogens with one attached hydrogen (secondary N) is 1. The molecule has 1 heterocycles. The molecule has 0 radical (unpaired) electrons. The van der Waals surface area contributed by atoms with Crippen molar-refractivity contribution in [2.45, 2.75) is 43.5 Å². The lowest BCUT2D eigenvalue weighted by Crippen LogP contribution is -2.40. The number of hydrogen-bond donors (Lipinski definition) is 2. The Morgan fingerprint density at radius 2 is 2.10 bits per heavy atom. The summed E-state index contributed by atoms with van der Waals surface area (Å²) in [5.41, 5.74) is 0. The average Bonchev–Trinajstić information content (AvgIpc) is 2.75. The molecule has 1 aromatic rings. The predicted molar refractivity (Wildman–Crippen MR) is 80.7 cm³/mol. The molecule has 1 saturated carbocycles. The van der Waals surface area contributed by atoms with Crippen LogP contribution in [0.5, 0.6) is 0 Å². The zero-order valence-corrected chi connectivity index (χ0v) is 14.1. The first-order valence-electron chi connectivity index (χ1n) is 6.36. The fraction of sp³-hybridized carbons (Fsp3) is 0.583. The summed E-state index contributed by atoms with van der Waals surface area (Å²) in [4.78, 5) is 10.9. The van der Waals surface area contributed by atoms with Gasteiger partial charge in [0, 0.05) is 6.04 Å². The quantitative estimate of drug-likeness (QED) is 0.839. The first kappa shape index (κ1) is 15.9. The standard InChI is InChI=1S/C12H16BrNO4S2/c1-7-4-2-3-5-8(7)14-20(17,18)10-6-9(12(15)16)19-11(10)13/h6-8,14H,2-5H2,1H3,(H,15,16). The third-order valence-corrected chi connectivity index (χ3v) is 7.30. The van der Waals surface area contributed by atoms with E-state index >= 15 is 0 Å². The van der Waals surface area contributed by atoms with Gasteiger partial charge in [-0.2, -0.15) is 0 Å². The maximum absolute atomic E-state index is 12.4. The van der Waals surface area contributed by atoms with E-state index in [4.69, 9.17) is 5.11 Å². The van der Waals surface area contributed by atoms with E-state index in [0.717, 1.165) is 37.0 Å². The summed E-state index contributed by atoms with van der Waals surface area (Å²) < 4.78 is 27.8. The molecule has 1 aliphatic rings. The summed E-state index contributed by atoms with van der Waals surface area (Å²) in [5.74, 6) is -0.821. The van der Waals surface area contributed by atoms with Crippen molar-refractivity contribution in [1.82, 2.24) is 4.72 Å². The molecular formula is C12H16BrNO4S2. The molecule has 0 amide bonds. The van der Waals surface area contributed by atoms with Crippen LogP contribution >= 0.6 is 27.3 Å². The minimum Gasteiger partial charge on any atom is -0.477 e. The predicted octanol–water partition coefficient (Wildman–Crippen LogP) is 3.07. The van der Waals surface area contributed by atoms with Crippen LogP contribution in [0.15, 0.2) is 14.7 Å². The summed E-state index contributed by atoms with van der Waals surface area (Å²) in [6.07, 6.45) is 3.99. The molecule has 5 nitrogen and oxygen atoms in total. The minimum atomic E-state index is -3.69. The van der Waals surface area contributed by atoms with Gasteiger partial charge in [0.1, 0.15) is 9.77 Å². The molecule has 0 aromatic carbocycles. The van der Waals surface area contributed by atoms with Gasteiger partial charge in [-0.3, -0.25) is 0 Å². The lowest BCUT2D eigenvalue weighted by atomic mass is 9.87. The molecule has 1 aromatic heterocycles. The number of sulfonamides is 1. The van der Waals surface area contributed by atoms with Gasteiger partial charge in [0.15, 0.2) is 0 Å². The molecule has 1 fully saturated rings. The Kier molecular flexibility index (Phi) is 4.88. The van der Waals surface area contributed by atoms with Crippen molar-refractivity contribution in [3.63, 3.8) is 0 Å². The van der Waals surface area contributed by atoms with Crippen LogP contribution in [-0.2, 0) is 10.0 Å². The van der Waals surface area contributed by atoms with Crippen LogP contribution in [-0.4, -0.2) is 25.5 Å². The molecule has 2 unspecified atom stereocenters. The number of thiophene rings is 1. The Hall–Kier alpha value is -0.440. The highest BCUT2D eigenvalue weighted by molar-refractivity contribution is 9.11. The minimum absolute atomic E-state index is 0.00828. The lowest BCUT2D eigenvalue weighted by Gasteiger charge is -2.29. The van der Waals surface area contributed by atoms with Gasteiger partial charge in [0.05, 0.1) is 3.79 Å². The highest BCUT2D eigenvalue weighted by atomic mass is 79.9. The van der Waals surface area contributed by atoms with Crippen LogP contribution in [0.1, 0.15) is 42.3 Å². The summed E-state index contributed by atoms with van der Waals surface area (Å²) in [5, 5.41) is 8.93. The molecule has 0 bridgehead atoms. The highest BCUT2D eigenvalue weighted by Crippen LogP contribution is 2.33. The van der Waals surface area contributed by atoms with Crippen molar-refractivity contribution in [2.75, 3.05) is 0 Å². The zero-order chi connectivity index (χ0) is 14.9. The number of hydrogen-bond acceptors (Lipinski definition) is 4. The van der Waals surface area contributed by atoms with E-state index in [1.807, 2.05) is 6.92 Å². The Morgan fingerprint density at radius 3 is 2.65 bits per heavy atom. The van der Waals surface area contributed by atoms with Gasteiger partial charge >= 0.3 is 5.97 Å². The second-order valence-electron chi connectivity index (χ2n) is 5.04. The summed E-state index contributed by atoms with van der Waals surface area (Å²) in [6.45, 7) is 2.04. The third kappa shape index (κ3) is 3.41. The SMILES string of the molecule is CC1CCCCC1NS(=O)(=O)c1cc(C(=O)O)sc1Br. The lowest BCUT2D eigenvalue weighted by molar-refractivity contribution is 0.0702. The molecule has 0 aliphatic heterocycles. The van der Waals surface area contributed by atoms with Gasteiger partial charge in [-0.1, -0.05) is 19.8 Å². The normalized spacial score (nSPS) is 23.7. The smallest absolute Gasteiger partial charge is 0.345 e. The van der Waals surface area contributed by atoms with Crippen molar-refractivity contribution in [3.05, 3.63) is 14.7 Å². The van der Waals surface area contributed by atoms with E-state index in [1.54, 1.807) is 0 Å². The first-order chi connectivity index (χ1) is 9.31. The molecule has 0 saturated heterocycles. The maximum Gasteiger partial charge on any atom is 0.345 e. The summed E-state index contributed by atoms with van der Waals surface area (Å²) >= 11 is 4.05. The molecule has 1 aliphatic carbocycles. The molecule has 0 spiro atoms. The first-order valence-corrected chi connectivity index (χ1v) is 9.45. The molecule has 2 N–H and O–H groups in total. The van der Waals surface area contributed by atoms with Gasteiger partial charge < -0.3 is 5.11 Å². The number of carboxylic acid groups (broad SMARTS) is 1. The van der Waals surface area contributed by atoms with Gasteiger partial charge in [-0.25, -0.2) is 17.9 Å². The Balaban J connectivity index is 2.24. The van der Waals surface area contributed by atoms with Crippen molar-refractivity contribution in [3.8, 4) is 0 Å². The van der Waals surface area contributed by atoms with Gasteiger partial charge in [0.2, 0.25) is 10.0 Å². The average molecular weight is 382 g/mol. The van der Waals surface area contributed by atoms with Gasteiger partial charge in [-0.15, -0.1) is 11.3 Å². The Bertz CT molecular complexity index is 611. The molecule has 8 heteroatoms. The largest absolute Gasteiger partial charge is 0.477 e. The number of halogens is 1. The van der Waals surface area contributed by atoms with Crippen LogP contribution in [0.4, 0.5) is 0 Å². The van der Waals surface area contributed by atoms with Gasteiger partial charge in [0.25, 0.3) is 0 Å². The number of carboxylic acids is 1. The Morgan fingerprint density at radius 1 is 1.45 bits per heavy atom. The molecule has 20 heavy (non-hydrogen) atoms. The molecule has 2 atom stereocenters. The number of rotatable bonds is 4. The second-order valence-corrected chi connectivity index (χ2v) is 9.10. The van der Waals surface area contributed by atoms with E-state index in [9.17, 15) is 13.2 Å². The zero-order valence-electron chi connectivity index (χ0n) is 10.9. The van der Waals surface area contributed by atoms with E-state index < -0.39 is 16.0 Å². The van der Waals surface area contributed by atoms with Crippen LogP contribution in [0.3, 0.4) is 0 Å². The fourth-order valence-corrected chi connectivity index (χ4v) is 6.18. The summed E-state index contributed by atoms with van der Waals surface area (Å²) in [6, 6.07) is 1.13. The van der Waals surface area contributed by atoms with E-state index in [1.165, 1.54) is 6.07 Å². The maximum atomic E-state index is 12.4. The fourth-order valence-electron chi connectivity index (χ4n) is 2.39. The van der Waals surface area contributed by atoms with Crippen LogP contribution in [0, 0.1) is 5.92 Å². The van der Waals surface area contributed by atoms with E-state index in [0.29, 0.717) is 9.70 Å². The van der Waals surface area contributed by atoms with Crippen LogP contribution in [0.2, 0.25) is 0 Å². The van der Waals surface area contributed by atoms with Crippen molar-refractivity contribution in [2.24, 2.45) is 5.92 Å². The molecule has 2 rings (SSSR count). The third-order valence-electron chi connectivity index (χ3n) is 3.57. The van der Waals surface area contributed by atoms with E-state index in [2.05, 4.69) is 20.7 Å². The Labute approximate surface area is 130 Å². The molecule has 112 valence electrons. The topological polar surface area (TPSA) is 83.5 Å². The summed E-state index contributed by atoms with van der Waals surface area (Å²) in [7, 11) is -3.69. The van der Waals surface area contributed by atoms with Crippen molar-refractivity contribution < 1.29 is 18.3 Å². The van der Waals surface area contributed by atoms with Crippen molar-refractivity contribution in [1.29, 1.82) is 0 Å². The number of carbonyl (C=O) groups is 1. The van der Waals surface area contributed by atoms with Gasteiger partial charge in [-0.05, 0) is 40.8 Å². The van der Waals surface area contributed by atoms with E-state index in [-0.39, 0.29) is 15.8 Å². The second kappa shape index (κ2) is 6.13. The van der Waals surface area contributed by atoms with Crippen LogP contribution < -0.4 is 4.72 Å². The monoisotopic (exact) mass is 381 g/mol. The highest BCUT2D eigenvalue weighted by Gasteiger charge is 2.29. The van der Waals surface area contributed by atoms with Crippen LogP contribution in [0.25, 0.3) is 0 Å². The van der Waals surface area contributed by atoms with Crippen molar-refractivity contribution >= 4 is 43.3 Å².